The van der Waals surface area contributed by atoms with E-state index in [9.17, 15) is 0 Å². The number of aryl methyl sites for hydroxylation is 1. The predicted octanol–water partition coefficient (Wildman–Crippen LogP) is 3.03. The van der Waals surface area contributed by atoms with E-state index in [0.717, 1.165) is 31.7 Å². The van der Waals surface area contributed by atoms with E-state index in [2.05, 4.69) is 66.2 Å². The predicted molar refractivity (Wildman–Crippen MR) is 100 cm³/mol. The van der Waals surface area contributed by atoms with Crippen LogP contribution in [0.15, 0.2) is 23.6 Å². The molecular weight excluding hydrogens is 324 g/mol. The van der Waals surface area contributed by atoms with Crippen LogP contribution >= 0.6 is 22.7 Å². The number of thiophene rings is 2. The summed E-state index contributed by atoms with van der Waals surface area (Å²) in [6, 6.07) is 6.56. The average Bonchev–Trinajstić information content (AvgIpc) is 3.12. The Bertz CT molecular complexity index is 664. The van der Waals surface area contributed by atoms with Gasteiger partial charge in [0.2, 0.25) is 0 Å². The molecule has 0 fully saturated rings. The van der Waals surface area contributed by atoms with E-state index in [1.807, 2.05) is 11.3 Å². The molecule has 124 valence electrons. The molecule has 0 spiro atoms. The van der Waals surface area contributed by atoms with Gasteiger partial charge in [-0.2, -0.15) is 0 Å². The minimum Gasteiger partial charge on any atom is -0.384 e. The molecule has 2 rings (SSSR count). The molecule has 3 nitrogen and oxygen atoms in total. The summed E-state index contributed by atoms with van der Waals surface area (Å²) in [5, 5.41) is 10.9. The Morgan fingerprint density at radius 3 is 2.57 bits per heavy atom. The standard InChI is InChI=1S/C18H24N2OS2/c1-15-6-7-17(23-15)12-20(9-8-19(2)3)13-18-11-16(14-22-18)5-4-10-21/h6-7,11,14,21H,8-10,12-13H2,1-3H3. The molecule has 2 aromatic heterocycles. The van der Waals surface area contributed by atoms with Gasteiger partial charge >= 0.3 is 0 Å². The SMILES string of the molecule is Cc1ccc(CN(CCN(C)C)Cc2cc(C#CCO)cs2)s1. The zero-order valence-corrected chi connectivity index (χ0v) is 15.6. The van der Waals surface area contributed by atoms with Crippen LogP contribution in [-0.2, 0) is 13.1 Å². The second-order valence-corrected chi connectivity index (χ2v) is 8.16. The van der Waals surface area contributed by atoms with Crippen LogP contribution in [0.2, 0.25) is 0 Å². The topological polar surface area (TPSA) is 26.7 Å². The number of likely N-dealkylation sites (N-methyl/N-ethyl adjacent to an activating group) is 1. The van der Waals surface area contributed by atoms with E-state index < -0.39 is 0 Å². The lowest BCUT2D eigenvalue weighted by atomic mass is 10.3. The molecule has 2 heterocycles. The highest BCUT2D eigenvalue weighted by Gasteiger charge is 2.10. The number of aliphatic hydroxyl groups is 1. The zero-order chi connectivity index (χ0) is 16.7. The van der Waals surface area contributed by atoms with Gasteiger partial charge in [0, 0.05) is 51.8 Å². The normalized spacial score (nSPS) is 11.0. The lowest BCUT2D eigenvalue weighted by molar-refractivity contribution is 0.229. The molecule has 0 saturated heterocycles. The first-order valence-electron chi connectivity index (χ1n) is 7.66. The maximum Gasteiger partial charge on any atom is 0.104 e. The summed E-state index contributed by atoms with van der Waals surface area (Å²) in [5.41, 5.74) is 0.999. The van der Waals surface area contributed by atoms with Gasteiger partial charge in [-0.05, 0) is 39.2 Å². The summed E-state index contributed by atoms with van der Waals surface area (Å²) in [5.74, 6) is 5.68. The molecule has 5 heteroatoms. The van der Waals surface area contributed by atoms with Crippen molar-refractivity contribution >= 4 is 22.7 Å². The zero-order valence-electron chi connectivity index (χ0n) is 14.0. The summed E-state index contributed by atoms with van der Waals surface area (Å²) in [6.07, 6.45) is 0. The van der Waals surface area contributed by atoms with Gasteiger partial charge < -0.3 is 10.0 Å². The fraction of sp³-hybridized carbons (Fsp3) is 0.444. The Labute approximate surface area is 147 Å². The minimum absolute atomic E-state index is 0.0854. The van der Waals surface area contributed by atoms with Crippen molar-refractivity contribution in [3.05, 3.63) is 43.8 Å². The van der Waals surface area contributed by atoms with Gasteiger partial charge in [0.05, 0.1) is 0 Å². The van der Waals surface area contributed by atoms with Crippen molar-refractivity contribution in [2.24, 2.45) is 0 Å². The van der Waals surface area contributed by atoms with Crippen LogP contribution in [0.4, 0.5) is 0 Å². The summed E-state index contributed by atoms with van der Waals surface area (Å²) in [4.78, 5) is 8.81. The highest BCUT2D eigenvalue weighted by molar-refractivity contribution is 7.11. The van der Waals surface area contributed by atoms with Crippen LogP contribution < -0.4 is 0 Å². The van der Waals surface area contributed by atoms with Crippen molar-refractivity contribution < 1.29 is 5.11 Å². The van der Waals surface area contributed by atoms with E-state index in [0.29, 0.717) is 0 Å². The van der Waals surface area contributed by atoms with Crippen molar-refractivity contribution in [3.63, 3.8) is 0 Å². The Morgan fingerprint density at radius 2 is 1.91 bits per heavy atom. The van der Waals surface area contributed by atoms with Gasteiger partial charge in [0.15, 0.2) is 0 Å². The number of nitrogens with zero attached hydrogens (tertiary/aromatic N) is 2. The monoisotopic (exact) mass is 348 g/mol. The molecule has 0 aliphatic rings. The van der Waals surface area contributed by atoms with Gasteiger partial charge in [0.1, 0.15) is 6.61 Å². The van der Waals surface area contributed by atoms with Crippen LogP contribution in [0.25, 0.3) is 0 Å². The lowest BCUT2D eigenvalue weighted by Crippen LogP contribution is -2.30. The molecular formula is C18H24N2OS2. The van der Waals surface area contributed by atoms with Crippen molar-refractivity contribution in [2.45, 2.75) is 20.0 Å². The Kier molecular flexibility index (Phi) is 7.28. The van der Waals surface area contributed by atoms with E-state index in [1.165, 1.54) is 14.6 Å². The summed E-state index contributed by atoms with van der Waals surface area (Å²) in [6.45, 7) is 6.09. The van der Waals surface area contributed by atoms with Crippen molar-refractivity contribution in [1.29, 1.82) is 0 Å². The molecule has 2 aromatic rings. The van der Waals surface area contributed by atoms with Crippen molar-refractivity contribution in [1.82, 2.24) is 9.80 Å². The highest BCUT2D eigenvalue weighted by atomic mass is 32.1. The molecule has 0 aromatic carbocycles. The second kappa shape index (κ2) is 9.21. The first-order valence-corrected chi connectivity index (χ1v) is 9.36. The average molecular weight is 349 g/mol. The molecule has 23 heavy (non-hydrogen) atoms. The first-order chi connectivity index (χ1) is 11.1. The van der Waals surface area contributed by atoms with Gasteiger partial charge in [-0.15, -0.1) is 22.7 Å². The quantitative estimate of drug-likeness (QED) is 0.779. The number of hydrogen-bond donors (Lipinski definition) is 1. The van der Waals surface area contributed by atoms with Crippen LogP contribution in [0.3, 0.4) is 0 Å². The molecule has 0 aliphatic carbocycles. The fourth-order valence-electron chi connectivity index (χ4n) is 2.24. The van der Waals surface area contributed by atoms with Crippen molar-refractivity contribution in [3.8, 4) is 11.8 Å². The van der Waals surface area contributed by atoms with Crippen LogP contribution in [0.1, 0.15) is 20.2 Å². The Balaban J connectivity index is 2.02. The summed E-state index contributed by atoms with van der Waals surface area (Å²) in [7, 11) is 4.22. The highest BCUT2D eigenvalue weighted by Crippen LogP contribution is 2.21. The third-order valence-corrected chi connectivity index (χ3v) is 5.29. The smallest absolute Gasteiger partial charge is 0.104 e. The van der Waals surface area contributed by atoms with Gasteiger partial charge in [0.25, 0.3) is 0 Å². The molecule has 0 amide bonds. The maximum atomic E-state index is 8.79. The Morgan fingerprint density at radius 1 is 1.13 bits per heavy atom. The number of aliphatic hydroxyl groups excluding tert-OH is 1. The van der Waals surface area contributed by atoms with E-state index in [-0.39, 0.29) is 6.61 Å². The van der Waals surface area contributed by atoms with Crippen LogP contribution in [0, 0.1) is 18.8 Å². The van der Waals surface area contributed by atoms with Crippen LogP contribution in [-0.4, -0.2) is 48.7 Å². The number of hydrogen-bond acceptors (Lipinski definition) is 5. The van der Waals surface area contributed by atoms with Crippen molar-refractivity contribution in [2.75, 3.05) is 33.8 Å². The molecule has 0 bridgehead atoms. The van der Waals surface area contributed by atoms with Gasteiger partial charge in [-0.1, -0.05) is 11.8 Å². The lowest BCUT2D eigenvalue weighted by Gasteiger charge is -2.23. The molecule has 0 saturated carbocycles. The second-order valence-electron chi connectivity index (χ2n) is 5.79. The molecule has 1 N–H and O–H groups in total. The van der Waals surface area contributed by atoms with Gasteiger partial charge in [-0.3, -0.25) is 4.90 Å². The van der Waals surface area contributed by atoms with Crippen LogP contribution in [0.5, 0.6) is 0 Å². The molecule has 0 unspecified atom stereocenters. The molecule has 0 aliphatic heterocycles. The maximum absolute atomic E-state index is 8.79. The molecule has 0 atom stereocenters. The third-order valence-electron chi connectivity index (χ3n) is 3.38. The molecule has 0 radical (unpaired) electrons. The van der Waals surface area contributed by atoms with E-state index >= 15 is 0 Å². The fourth-order valence-corrected chi connectivity index (χ4v) is 4.03. The van der Waals surface area contributed by atoms with Gasteiger partial charge in [-0.25, -0.2) is 0 Å². The first kappa shape index (κ1) is 18.2. The Hall–Kier alpha value is -1.16. The largest absolute Gasteiger partial charge is 0.384 e. The summed E-state index contributed by atoms with van der Waals surface area (Å²) >= 11 is 3.62. The minimum atomic E-state index is -0.0854. The van der Waals surface area contributed by atoms with E-state index in [1.54, 1.807) is 11.3 Å². The summed E-state index contributed by atoms with van der Waals surface area (Å²) < 4.78 is 0. The van der Waals surface area contributed by atoms with E-state index in [4.69, 9.17) is 5.11 Å². The third kappa shape index (κ3) is 6.46. The number of rotatable bonds is 7.